The van der Waals surface area contributed by atoms with Crippen molar-refractivity contribution in [1.29, 1.82) is 0 Å². The van der Waals surface area contributed by atoms with Crippen LogP contribution in [0.25, 0.3) is 0 Å². The van der Waals surface area contributed by atoms with Gasteiger partial charge >= 0.3 is 5.97 Å². The van der Waals surface area contributed by atoms with Crippen LogP contribution in [0.15, 0.2) is 0 Å². The van der Waals surface area contributed by atoms with Crippen molar-refractivity contribution in [2.24, 2.45) is 5.41 Å². The Bertz CT molecular complexity index is 409. The number of carboxylic acids is 1. The summed E-state index contributed by atoms with van der Waals surface area (Å²) >= 11 is 0. The monoisotopic (exact) mass is 268 g/mol. The van der Waals surface area contributed by atoms with E-state index in [0.29, 0.717) is 25.7 Å². The topological polar surface area (TPSA) is 95.5 Å². The molecule has 1 saturated carbocycles. The summed E-state index contributed by atoms with van der Waals surface area (Å²) < 4.78 is 0. The quantitative estimate of drug-likeness (QED) is 0.691. The van der Waals surface area contributed by atoms with Gasteiger partial charge in [-0.25, -0.2) is 0 Å². The van der Waals surface area contributed by atoms with Gasteiger partial charge in [-0.3, -0.25) is 14.4 Å². The lowest BCUT2D eigenvalue weighted by Crippen LogP contribution is -2.55. The van der Waals surface area contributed by atoms with Crippen LogP contribution in [-0.2, 0) is 14.4 Å². The third-order valence-electron chi connectivity index (χ3n) is 4.32. The number of hydrogen-bond donors (Lipinski definition) is 3. The first-order chi connectivity index (χ1) is 8.93. The van der Waals surface area contributed by atoms with Crippen LogP contribution in [0.3, 0.4) is 0 Å². The van der Waals surface area contributed by atoms with Crippen molar-refractivity contribution < 1.29 is 19.5 Å². The van der Waals surface area contributed by atoms with E-state index in [1.54, 1.807) is 6.92 Å². The summed E-state index contributed by atoms with van der Waals surface area (Å²) in [5.74, 6) is -1.25. The number of amides is 2. The van der Waals surface area contributed by atoms with E-state index in [1.807, 2.05) is 0 Å². The van der Waals surface area contributed by atoms with E-state index in [-0.39, 0.29) is 17.9 Å². The standard InChI is InChI=1S/C13H20N2O4/c1-13(12(18)19)7-3-2-4-9(13)15-11(17)8-5-6-10(16)14-8/h8-9H,2-7H2,1H3,(H,14,16)(H,15,17)(H,18,19). The van der Waals surface area contributed by atoms with Gasteiger partial charge in [-0.2, -0.15) is 0 Å². The molecule has 6 nitrogen and oxygen atoms in total. The predicted molar refractivity (Wildman–Crippen MR) is 67.3 cm³/mol. The molecule has 3 unspecified atom stereocenters. The zero-order valence-electron chi connectivity index (χ0n) is 11.1. The first-order valence-electron chi connectivity index (χ1n) is 6.76. The number of carbonyl (C=O) groups excluding carboxylic acids is 2. The van der Waals surface area contributed by atoms with Crippen LogP contribution in [0.5, 0.6) is 0 Å². The second kappa shape index (κ2) is 5.19. The van der Waals surface area contributed by atoms with Crippen LogP contribution < -0.4 is 10.6 Å². The molecule has 0 radical (unpaired) electrons. The summed E-state index contributed by atoms with van der Waals surface area (Å²) in [4.78, 5) is 34.6. The molecule has 0 aromatic rings. The maximum atomic E-state index is 12.1. The summed E-state index contributed by atoms with van der Waals surface area (Å²) in [5, 5.41) is 14.8. The number of hydrogen-bond acceptors (Lipinski definition) is 3. The maximum absolute atomic E-state index is 12.1. The van der Waals surface area contributed by atoms with Crippen LogP contribution in [0, 0.1) is 5.41 Å². The fourth-order valence-electron chi connectivity index (χ4n) is 2.90. The SMILES string of the molecule is CC1(C(=O)O)CCCCC1NC(=O)C1CCC(=O)N1. The van der Waals surface area contributed by atoms with Gasteiger partial charge in [0.25, 0.3) is 0 Å². The van der Waals surface area contributed by atoms with Crippen LogP contribution in [0.2, 0.25) is 0 Å². The van der Waals surface area contributed by atoms with E-state index in [0.717, 1.165) is 12.8 Å². The lowest BCUT2D eigenvalue weighted by atomic mass is 9.71. The lowest BCUT2D eigenvalue weighted by Gasteiger charge is -2.38. The van der Waals surface area contributed by atoms with Gasteiger partial charge in [0.2, 0.25) is 11.8 Å². The number of carbonyl (C=O) groups is 3. The molecule has 2 aliphatic rings. The molecule has 6 heteroatoms. The van der Waals surface area contributed by atoms with Gasteiger partial charge in [-0.05, 0) is 26.2 Å². The van der Waals surface area contributed by atoms with Crippen molar-refractivity contribution in [3.8, 4) is 0 Å². The molecule has 0 bridgehead atoms. The van der Waals surface area contributed by atoms with E-state index in [4.69, 9.17) is 0 Å². The Morgan fingerprint density at radius 2 is 2.11 bits per heavy atom. The highest BCUT2D eigenvalue weighted by Gasteiger charge is 2.44. The Kier molecular flexibility index (Phi) is 3.78. The molecule has 2 amide bonds. The molecule has 1 heterocycles. The Hall–Kier alpha value is -1.59. The molecule has 1 aliphatic carbocycles. The molecule has 1 saturated heterocycles. The summed E-state index contributed by atoms with van der Waals surface area (Å²) in [6.07, 6.45) is 3.89. The minimum Gasteiger partial charge on any atom is -0.481 e. The fraction of sp³-hybridized carbons (Fsp3) is 0.769. The molecule has 2 fully saturated rings. The van der Waals surface area contributed by atoms with Crippen molar-refractivity contribution >= 4 is 17.8 Å². The zero-order valence-corrected chi connectivity index (χ0v) is 11.1. The molecule has 19 heavy (non-hydrogen) atoms. The highest BCUT2D eigenvalue weighted by molar-refractivity contribution is 5.91. The number of nitrogens with one attached hydrogen (secondary N) is 2. The van der Waals surface area contributed by atoms with Gasteiger partial charge in [0.05, 0.1) is 5.41 Å². The van der Waals surface area contributed by atoms with Crippen molar-refractivity contribution in [2.75, 3.05) is 0 Å². The van der Waals surface area contributed by atoms with Crippen LogP contribution in [-0.4, -0.2) is 35.0 Å². The largest absolute Gasteiger partial charge is 0.481 e. The van der Waals surface area contributed by atoms with Crippen molar-refractivity contribution in [3.63, 3.8) is 0 Å². The Balaban J connectivity index is 2.02. The second-order valence-electron chi connectivity index (χ2n) is 5.69. The van der Waals surface area contributed by atoms with Gasteiger partial charge < -0.3 is 15.7 Å². The zero-order chi connectivity index (χ0) is 14.0. The van der Waals surface area contributed by atoms with E-state index >= 15 is 0 Å². The number of aliphatic carboxylic acids is 1. The molecule has 3 N–H and O–H groups in total. The van der Waals surface area contributed by atoms with Gasteiger partial charge in [0.15, 0.2) is 0 Å². The maximum Gasteiger partial charge on any atom is 0.311 e. The highest BCUT2D eigenvalue weighted by atomic mass is 16.4. The Labute approximate surface area is 111 Å². The van der Waals surface area contributed by atoms with Crippen LogP contribution in [0.4, 0.5) is 0 Å². The number of rotatable bonds is 3. The first-order valence-corrected chi connectivity index (χ1v) is 6.76. The molecule has 0 aromatic carbocycles. The third kappa shape index (κ3) is 2.72. The predicted octanol–water partition coefficient (Wildman–Crippen LogP) is 0.415. The van der Waals surface area contributed by atoms with Gasteiger partial charge in [-0.15, -0.1) is 0 Å². The summed E-state index contributed by atoms with van der Waals surface area (Å²) in [7, 11) is 0. The summed E-state index contributed by atoms with van der Waals surface area (Å²) in [5.41, 5.74) is -0.906. The molecule has 0 spiro atoms. The molecular formula is C13H20N2O4. The number of carboxylic acid groups (broad SMARTS) is 1. The minimum absolute atomic E-state index is 0.121. The molecule has 1 aliphatic heterocycles. The highest BCUT2D eigenvalue weighted by Crippen LogP contribution is 2.36. The van der Waals surface area contributed by atoms with Crippen molar-refractivity contribution in [1.82, 2.24) is 10.6 Å². The molecule has 2 rings (SSSR count). The van der Waals surface area contributed by atoms with E-state index in [2.05, 4.69) is 10.6 Å². The van der Waals surface area contributed by atoms with E-state index in [1.165, 1.54) is 0 Å². The molecule has 0 aromatic heterocycles. The first kappa shape index (κ1) is 13.8. The van der Waals surface area contributed by atoms with E-state index in [9.17, 15) is 19.5 Å². The molecule has 106 valence electrons. The second-order valence-corrected chi connectivity index (χ2v) is 5.69. The van der Waals surface area contributed by atoms with Crippen molar-refractivity contribution in [2.45, 2.75) is 57.5 Å². The summed E-state index contributed by atoms with van der Waals surface area (Å²) in [6, 6.07) is -0.865. The lowest BCUT2D eigenvalue weighted by molar-refractivity contribution is -0.152. The minimum atomic E-state index is -0.906. The molecule has 3 atom stereocenters. The average Bonchev–Trinajstić information content (AvgIpc) is 2.79. The normalized spacial score (nSPS) is 34.7. The van der Waals surface area contributed by atoms with E-state index < -0.39 is 17.4 Å². The van der Waals surface area contributed by atoms with Gasteiger partial charge in [0, 0.05) is 12.5 Å². The summed E-state index contributed by atoms with van der Waals surface area (Å²) in [6.45, 7) is 1.69. The van der Waals surface area contributed by atoms with Gasteiger partial charge in [0.1, 0.15) is 6.04 Å². The van der Waals surface area contributed by atoms with Crippen LogP contribution >= 0.6 is 0 Å². The molecular weight excluding hydrogens is 248 g/mol. The third-order valence-corrected chi connectivity index (χ3v) is 4.32. The smallest absolute Gasteiger partial charge is 0.311 e. The van der Waals surface area contributed by atoms with Gasteiger partial charge in [-0.1, -0.05) is 12.8 Å². The average molecular weight is 268 g/mol. The fourth-order valence-corrected chi connectivity index (χ4v) is 2.90. The van der Waals surface area contributed by atoms with Crippen molar-refractivity contribution in [3.05, 3.63) is 0 Å². The Morgan fingerprint density at radius 1 is 1.37 bits per heavy atom. The van der Waals surface area contributed by atoms with Crippen LogP contribution in [0.1, 0.15) is 45.4 Å². The Morgan fingerprint density at radius 3 is 2.68 bits per heavy atom.